The molecular weight excluding hydrogens is 252 g/mol. The summed E-state index contributed by atoms with van der Waals surface area (Å²) in [7, 11) is -1.59. The Morgan fingerprint density at radius 2 is 2.11 bits per heavy atom. The number of unbranched alkanes of at least 4 members (excludes halogenated alkanes) is 1. The Kier molecular flexibility index (Phi) is 6.50. The van der Waals surface area contributed by atoms with Crippen LogP contribution in [0.4, 0.5) is 0 Å². The van der Waals surface area contributed by atoms with Gasteiger partial charge in [-0.05, 0) is 43.5 Å². The van der Waals surface area contributed by atoms with Crippen LogP contribution in [0.5, 0.6) is 0 Å². The van der Waals surface area contributed by atoms with Gasteiger partial charge in [0.05, 0.1) is 12.7 Å². The van der Waals surface area contributed by atoms with Crippen LogP contribution in [-0.2, 0) is 4.43 Å². The summed E-state index contributed by atoms with van der Waals surface area (Å²) < 4.78 is 6.46. The molecule has 19 heavy (non-hydrogen) atoms. The van der Waals surface area contributed by atoms with E-state index in [2.05, 4.69) is 33.5 Å². The third-order valence-electron chi connectivity index (χ3n) is 4.04. The van der Waals surface area contributed by atoms with Crippen molar-refractivity contribution >= 4 is 8.32 Å². The Bertz CT molecular complexity index is 334. The maximum Gasteiger partial charge on any atom is 0.187 e. The number of rotatable bonds is 6. The molecule has 0 spiro atoms. The molecule has 3 heteroatoms. The van der Waals surface area contributed by atoms with Crippen molar-refractivity contribution in [1.82, 2.24) is 0 Å². The van der Waals surface area contributed by atoms with Crippen LogP contribution in [0.15, 0.2) is 23.8 Å². The molecule has 1 saturated carbocycles. The van der Waals surface area contributed by atoms with Crippen LogP contribution >= 0.6 is 0 Å². The number of hydrogen-bond acceptors (Lipinski definition) is 2. The lowest BCUT2D eigenvalue weighted by Crippen LogP contribution is -2.38. The predicted octanol–water partition coefficient (Wildman–Crippen LogP) is 4.28. The highest BCUT2D eigenvalue weighted by Gasteiger charge is 2.32. The van der Waals surface area contributed by atoms with Crippen molar-refractivity contribution in [3.63, 3.8) is 0 Å². The van der Waals surface area contributed by atoms with E-state index < -0.39 is 8.32 Å². The molecule has 0 unspecified atom stereocenters. The zero-order valence-electron chi connectivity index (χ0n) is 13.0. The van der Waals surface area contributed by atoms with Gasteiger partial charge in [-0.25, -0.2) is 0 Å². The van der Waals surface area contributed by atoms with E-state index in [1.165, 1.54) is 30.0 Å². The van der Waals surface area contributed by atoms with Crippen molar-refractivity contribution < 1.29 is 9.53 Å². The first-order valence-corrected chi connectivity index (χ1v) is 10.7. The van der Waals surface area contributed by atoms with Crippen LogP contribution in [-0.4, -0.2) is 26.1 Å². The molecular formula is C16H30O2Si. The molecule has 0 aromatic heterocycles. The molecule has 0 amide bonds. The number of aliphatic hydroxyl groups is 1. The third-order valence-corrected chi connectivity index (χ3v) is 6.52. The average Bonchev–Trinajstić information content (AvgIpc) is 2.33. The van der Waals surface area contributed by atoms with E-state index in [1.807, 2.05) is 6.08 Å². The summed E-state index contributed by atoms with van der Waals surface area (Å²) in [5.41, 5.74) is 2.57. The van der Waals surface area contributed by atoms with Crippen LogP contribution in [0.1, 0.15) is 39.5 Å². The highest BCUT2D eigenvalue weighted by Crippen LogP contribution is 2.35. The highest BCUT2D eigenvalue weighted by atomic mass is 28.4. The molecule has 0 saturated heterocycles. The Morgan fingerprint density at radius 1 is 1.42 bits per heavy atom. The van der Waals surface area contributed by atoms with E-state index in [9.17, 15) is 0 Å². The van der Waals surface area contributed by atoms with Gasteiger partial charge in [0.1, 0.15) is 0 Å². The molecule has 2 atom stereocenters. The second-order valence-electron chi connectivity index (χ2n) is 6.40. The van der Waals surface area contributed by atoms with Gasteiger partial charge < -0.3 is 9.53 Å². The maximum absolute atomic E-state index is 9.07. The van der Waals surface area contributed by atoms with Gasteiger partial charge in [0.2, 0.25) is 0 Å². The van der Waals surface area contributed by atoms with Crippen molar-refractivity contribution in [1.29, 1.82) is 0 Å². The lowest BCUT2D eigenvalue weighted by molar-refractivity contribution is 0.198. The maximum atomic E-state index is 9.07. The normalized spacial score (nSPS) is 27.0. The minimum Gasteiger partial charge on any atom is -0.410 e. The van der Waals surface area contributed by atoms with Crippen LogP contribution in [0.25, 0.3) is 0 Å². The van der Waals surface area contributed by atoms with Gasteiger partial charge in [-0.2, -0.15) is 0 Å². The fourth-order valence-corrected chi connectivity index (χ4v) is 5.08. The minimum atomic E-state index is -1.59. The first kappa shape index (κ1) is 16.7. The first-order chi connectivity index (χ1) is 8.89. The Balaban J connectivity index is 2.68. The summed E-state index contributed by atoms with van der Waals surface area (Å²) in [5.74, 6) is 0.465. The standard InChI is InChI=1S/C16H30O2Si/c1-6-7-10-19(4,5)18-16-12-15(8-9-17)11-13(2)14(16)3/h8,13,16-17H,3,6-7,9-12H2,1-2,4-5H3/b15-8-/t13-,16-/m1/s1. The number of aliphatic hydroxyl groups excluding tert-OH is 1. The lowest BCUT2D eigenvalue weighted by atomic mass is 9.81. The molecule has 2 nitrogen and oxygen atoms in total. The van der Waals surface area contributed by atoms with Crippen molar-refractivity contribution in [2.75, 3.05) is 6.61 Å². The Labute approximate surface area is 119 Å². The molecule has 110 valence electrons. The SMILES string of the molecule is C=C1[C@H](C)C/C(=C/CO)C[C@H]1O[Si](C)(C)CCCC. The van der Waals surface area contributed by atoms with E-state index in [-0.39, 0.29) is 12.7 Å². The van der Waals surface area contributed by atoms with Crippen molar-refractivity contribution in [3.8, 4) is 0 Å². The molecule has 0 radical (unpaired) electrons. The van der Waals surface area contributed by atoms with Crippen LogP contribution < -0.4 is 0 Å². The number of hydrogen-bond donors (Lipinski definition) is 1. The van der Waals surface area contributed by atoms with E-state index in [0.29, 0.717) is 5.92 Å². The molecule has 0 heterocycles. The monoisotopic (exact) mass is 282 g/mol. The second-order valence-corrected chi connectivity index (χ2v) is 10.7. The topological polar surface area (TPSA) is 29.5 Å². The van der Waals surface area contributed by atoms with Crippen molar-refractivity contribution in [2.45, 2.75) is 64.8 Å². The molecule has 1 fully saturated rings. The van der Waals surface area contributed by atoms with Gasteiger partial charge in [0.25, 0.3) is 0 Å². The summed E-state index contributed by atoms with van der Waals surface area (Å²) >= 11 is 0. The van der Waals surface area contributed by atoms with Gasteiger partial charge >= 0.3 is 0 Å². The highest BCUT2D eigenvalue weighted by molar-refractivity contribution is 6.71. The van der Waals surface area contributed by atoms with Gasteiger partial charge in [-0.1, -0.05) is 44.9 Å². The van der Waals surface area contributed by atoms with Gasteiger partial charge in [0, 0.05) is 0 Å². The predicted molar refractivity (Wildman–Crippen MR) is 84.8 cm³/mol. The molecule has 0 aromatic carbocycles. The van der Waals surface area contributed by atoms with Crippen molar-refractivity contribution in [3.05, 3.63) is 23.8 Å². The third kappa shape index (κ3) is 5.25. The summed E-state index contributed by atoms with van der Waals surface area (Å²) in [4.78, 5) is 0. The van der Waals surface area contributed by atoms with E-state index >= 15 is 0 Å². The van der Waals surface area contributed by atoms with Gasteiger partial charge in [-0.15, -0.1) is 0 Å². The Morgan fingerprint density at radius 3 is 2.68 bits per heavy atom. The molecule has 1 aliphatic carbocycles. The lowest BCUT2D eigenvalue weighted by Gasteiger charge is -2.37. The Hall–Kier alpha value is -0.383. The smallest absolute Gasteiger partial charge is 0.187 e. The molecule has 1 rings (SSSR count). The fraction of sp³-hybridized carbons (Fsp3) is 0.750. The van der Waals surface area contributed by atoms with Gasteiger partial charge in [0.15, 0.2) is 8.32 Å². The summed E-state index contributed by atoms with van der Waals surface area (Å²) in [6, 6.07) is 1.22. The zero-order chi connectivity index (χ0) is 14.5. The molecule has 1 N–H and O–H groups in total. The largest absolute Gasteiger partial charge is 0.410 e. The average molecular weight is 282 g/mol. The van der Waals surface area contributed by atoms with Gasteiger partial charge in [-0.3, -0.25) is 0 Å². The van der Waals surface area contributed by atoms with Crippen LogP contribution in [0, 0.1) is 5.92 Å². The molecule has 1 aliphatic rings. The van der Waals surface area contributed by atoms with E-state index in [1.54, 1.807) is 0 Å². The fourth-order valence-electron chi connectivity index (χ4n) is 2.75. The molecule has 0 aromatic rings. The summed E-state index contributed by atoms with van der Waals surface area (Å²) in [5, 5.41) is 9.07. The molecule has 0 bridgehead atoms. The zero-order valence-corrected chi connectivity index (χ0v) is 14.0. The van der Waals surface area contributed by atoms with Crippen molar-refractivity contribution in [2.24, 2.45) is 5.92 Å². The summed E-state index contributed by atoms with van der Waals surface area (Å²) in [6.07, 6.45) is 6.55. The minimum absolute atomic E-state index is 0.137. The van der Waals surface area contributed by atoms with E-state index in [4.69, 9.17) is 9.53 Å². The quantitative estimate of drug-likeness (QED) is 0.582. The second kappa shape index (κ2) is 7.41. The van der Waals surface area contributed by atoms with Crippen LogP contribution in [0.2, 0.25) is 19.1 Å². The molecule has 0 aliphatic heterocycles. The van der Waals surface area contributed by atoms with E-state index in [0.717, 1.165) is 12.8 Å². The van der Waals surface area contributed by atoms with Crippen LogP contribution in [0.3, 0.4) is 0 Å². The first-order valence-electron chi connectivity index (χ1n) is 7.55. The summed E-state index contributed by atoms with van der Waals surface area (Å²) in [6.45, 7) is 13.4.